The summed E-state index contributed by atoms with van der Waals surface area (Å²) in [5.74, 6) is 0.656. The standard InChI is InChI=1S/C11H17Cl/c1-9-5-4-7-11(2,3)10(9)6-8-12/h8-9H,4-5,7H2,1-3H3. The second-order valence-electron chi connectivity index (χ2n) is 4.34. The van der Waals surface area contributed by atoms with Gasteiger partial charge in [-0.1, -0.05) is 38.8 Å². The Kier molecular flexibility index (Phi) is 3.04. The summed E-state index contributed by atoms with van der Waals surface area (Å²) in [5, 5.41) is 0. The van der Waals surface area contributed by atoms with Crippen LogP contribution in [0.4, 0.5) is 0 Å². The fourth-order valence-electron chi connectivity index (χ4n) is 2.19. The molecule has 1 aliphatic carbocycles. The maximum Gasteiger partial charge on any atom is 0.0462 e. The van der Waals surface area contributed by atoms with Crippen molar-refractivity contribution in [1.29, 1.82) is 0 Å². The molecule has 0 aromatic carbocycles. The zero-order chi connectivity index (χ0) is 9.19. The van der Waals surface area contributed by atoms with Crippen molar-refractivity contribution >= 4 is 11.6 Å². The van der Waals surface area contributed by atoms with Gasteiger partial charge in [-0.2, -0.15) is 0 Å². The van der Waals surface area contributed by atoms with Crippen molar-refractivity contribution in [3.05, 3.63) is 16.8 Å². The largest absolute Gasteiger partial charge is 0.109 e. The van der Waals surface area contributed by atoms with Crippen molar-refractivity contribution in [2.24, 2.45) is 11.3 Å². The molecule has 0 aliphatic heterocycles. The summed E-state index contributed by atoms with van der Waals surface area (Å²) in [4.78, 5) is 0. The van der Waals surface area contributed by atoms with Crippen molar-refractivity contribution in [2.45, 2.75) is 40.0 Å². The summed E-state index contributed by atoms with van der Waals surface area (Å²) < 4.78 is 0. The normalized spacial score (nSPS) is 28.0. The Balaban J connectivity index is 2.97. The van der Waals surface area contributed by atoms with Crippen molar-refractivity contribution in [2.75, 3.05) is 0 Å². The van der Waals surface area contributed by atoms with Crippen LogP contribution >= 0.6 is 11.6 Å². The van der Waals surface area contributed by atoms with Crippen LogP contribution < -0.4 is 0 Å². The first kappa shape index (κ1) is 9.89. The summed E-state index contributed by atoms with van der Waals surface area (Å²) in [6.45, 7) is 6.83. The minimum absolute atomic E-state index is 0.309. The Hall–Kier alpha value is -0.190. The zero-order valence-electron chi connectivity index (χ0n) is 8.15. The molecule has 1 atom stereocenters. The van der Waals surface area contributed by atoms with Gasteiger partial charge in [-0.25, -0.2) is 0 Å². The van der Waals surface area contributed by atoms with Crippen molar-refractivity contribution < 1.29 is 0 Å². The van der Waals surface area contributed by atoms with E-state index < -0.39 is 0 Å². The van der Waals surface area contributed by atoms with E-state index in [1.165, 1.54) is 30.4 Å². The van der Waals surface area contributed by atoms with Gasteiger partial charge >= 0.3 is 0 Å². The van der Waals surface area contributed by atoms with Gasteiger partial charge in [0.05, 0.1) is 0 Å². The summed E-state index contributed by atoms with van der Waals surface area (Å²) in [6.07, 6.45) is 3.89. The SMILES string of the molecule is CC1CCCC(C)(C)C1=C=CCl. The lowest BCUT2D eigenvalue weighted by Crippen LogP contribution is -2.24. The Bertz CT molecular complexity index is 219. The lowest BCUT2D eigenvalue weighted by molar-refractivity contribution is 0.290. The highest BCUT2D eigenvalue weighted by atomic mass is 35.5. The topological polar surface area (TPSA) is 0 Å². The van der Waals surface area contributed by atoms with Gasteiger partial charge in [-0.3, -0.25) is 0 Å². The van der Waals surface area contributed by atoms with E-state index in [0.717, 1.165) is 0 Å². The first-order valence-corrected chi connectivity index (χ1v) is 5.07. The summed E-state index contributed by atoms with van der Waals surface area (Å²) in [6, 6.07) is 0. The Labute approximate surface area is 80.3 Å². The first-order valence-electron chi connectivity index (χ1n) is 4.63. The molecule has 0 aromatic rings. The van der Waals surface area contributed by atoms with Crippen molar-refractivity contribution in [1.82, 2.24) is 0 Å². The molecule has 0 amide bonds. The quantitative estimate of drug-likeness (QED) is 0.497. The zero-order valence-corrected chi connectivity index (χ0v) is 8.91. The number of rotatable bonds is 0. The van der Waals surface area contributed by atoms with Gasteiger partial charge < -0.3 is 0 Å². The second-order valence-corrected chi connectivity index (χ2v) is 4.56. The number of hydrogen-bond donors (Lipinski definition) is 0. The van der Waals surface area contributed by atoms with Gasteiger partial charge in [-0.05, 0) is 29.7 Å². The minimum atomic E-state index is 0.309. The first-order chi connectivity index (χ1) is 5.58. The third-order valence-corrected chi connectivity index (χ3v) is 2.98. The molecule has 1 fully saturated rings. The molecule has 68 valence electrons. The van der Waals surface area contributed by atoms with Gasteiger partial charge in [0.25, 0.3) is 0 Å². The molecular formula is C11H17Cl. The number of hydrogen-bond acceptors (Lipinski definition) is 0. The molecule has 0 radical (unpaired) electrons. The van der Waals surface area contributed by atoms with Crippen LogP contribution in [0.5, 0.6) is 0 Å². The molecular weight excluding hydrogens is 168 g/mol. The average molecular weight is 185 g/mol. The number of halogens is 1. The average Bonchev–Trinajstić information content (AvgIpc) is 1.97. The molecule has 0 spiro atoms. The van der Waals surface area contributed by atoms with E-state index in [9.17, 15) is 0 Å². The van der Waals surface area contributed by atoms with Crippen molar-refractivity contribution in [3.8, 4) is 0 Å². The summed E-state index contributed by atoms with van der Waals surface area (Å²) in [7, 11) is 0. The molecule has 0 heterocycles. The molecule has 1 rings (SSSR count). The predicted molar refractivity (Wildman–Crippen MR) is 54.2 cm³/mol. The van der Waals surface area contributed by atoms with Gasteiger partial charge in [0.15, 0.2) is 0 Å². The van der Waals surface area contributed by atoms with Gasteiger partial charge in [0, 0.05) is 5.54 Å². The molecule has 12 heavy (non-hydrogen) atoms. The lowest BCUT2D eigenvalue weighted by Gasteiger charge is -2.35. The maximum absolute atomic E-state index is 5.57. The fraction of sp³-hybridized carbons (Fsp3) is 0.727. The van der Waals surface area contributed by atoms with Crippen LogP contribution in [0.3, 0.4) is 0 Å². The van der Waals surface area contributed by atoms with E-state index in [0.29, 0.717) is 11.3 Å². The van der Waals surface area contributed by atoms with Crippen LogP contribution in [-0.2, 0) is 0 Å². The van der Waals surface area contributed by atoms with E-state index in [2.05, 4.69) is 26.5 Å². The van der Waals surface area contributed by atoms with Gasteiger partial charge in [0.1, 0.15) is 0 Å². The Morgan fingerprint density at radius 1 is 1.58 bits per heavy atom. The Morgan fingerprint density at radius 3 is 2.75 bits per heavy atom. The summed E-state index contributed by atoms with van der Waals surface area (Å²) in [5.41, 5.74) is 6.41. The molecule has 1 heteroatoms. The van der Waals surface area contributed by atoms with E-state index in [1.54, 1.807) is 0 Å². The third kappa shape index (κ3) is 1.94. The molecule has 0 aromatic heterocycles. The maximum atomic E-state index is 5.57. The van der Waals surface area contributed by atoms with Crippen molar-refractivity contribution in [3.63, 3.8) is 0 Å². The third-order valence-electron chi connectivity index (χ3n) is 2.87. The minimum Gasteiger partial charge on any atom is -0.109 e. The smallest absolute Gasteiger partial charge is 0.0462 e. The Morgan fingerprint density at radius 2 is 2.25 bits per heavy atom. The molecule has 1 aliphatic rings. The molecule has 1 unspecified atom stereocenters. The van der Waals surface area contributed by atoms with Crippen LogP contribution in [0, 0.1) is 11.3 Å². The molecule has 0 nitrogen and oxygen atoms in total. The second kappa shape index (κ2) is 3.68. The number of allylic oxidation sites excluding steroid dienone is 1. The predicted octanol–water partition coefficient (Wildman–Crippen LogP) is 4.11. The molecule has 1 saturated carbocycles. The van der Waals surface area contributed by atoms with E-state index >= 15 is 0 Å². The summed E-state index contributed by atoms with van der Waals surface area (Å²) >= 11 is 5.57. The monoisotopic (exact) mass is 184 g/mol. The molecule has 0 saturated heterocycles. The molecule has 0 N–H and O–H groups in total. The van der Waals surface area contributed by atoms with Crippen LogP contribution in [0.1, 0.15) is 40.0 Å². The highest BCUT2D eigenvalue weighted by Gasteiger charge is 2.30. The van der Waals surface area contributed by atoms with E-state index in [-0.39, 0.29) is 0 Å². The van der Waals surface area contributed by atoms with E-state index in [1.807, 2.05) is 0 Å². The highest BCUT2D eigenvalue weighted by Crippen LogP contribution is 2.42. The fourth-order valence-corrected chi connectivity index (χ4v) is 2.31. The van der Waals surface area contributed by atoms with Gasteiger partial charge in [-0.15, -0.1) is 5.73 Å². The van der Waals surface area contributed by atoms with Gasteiger partial charge in [0.2, 0.25) is 0 Å². The van der Waals surface area contributed by atoms with Crippen LogP contribution in [0.25, 0.3) is 0 Å². The van der Waals surface area contributed by atoms with E-state index in [4.69, 9.17) is 11.6 Å². The van der Waals surface area contributed by atoms with Crippen LogP contribution in [0.2, 0.25) is 0 Å². The lowest BCUT2D eigenvalue weighted by atomic mass is 9.69. The molecule has 0 bridgehead atoms. The highest BCUT2D eigenvalue weighted by molar-refractivity contribution is 6.25. The van der Waals surface area contributed by atoms with Crippen LogP contribution in [-0.4, -0.2) is 0 Å². The van der Waals surface area contributed by atoms with Crippen LogP contribution in [0.15, 0.2) is 16.8 Å².